The predicted molar refractivity (Wildman–Crippen MR) is 124 cm³/mol. The summed E-state index contributed by atoms with van der Waals surface area (Å²) in [7, 11) is 2.50. The molecule has 2 amide bonds. The van der Waals surface area contributed by atoms with E-state index in [0.29, 0.717) is 24.9 Å². The molecule has 1 fully saturated rings. The van der Waals surface area contributed by atoms with Crippen LogP contribution >= 0.6 is 0 Å². The van der Waals surface area contributed by atoms with Crippen LogP contribution in [0.25, 0.3) is 0 Å². The molecule has 0 spiro atoms. The molecule has 1 N–H and O–H groups in total. The molecule has 2 atom stereocenters. The summed E-state index contributed by atoms with van der Waals surface area (Å²) in [5.41, 5.74) is 0.988. The first-order chi connectivity index (χ1) is 16.8. The largest absolute Gasteiger partial charge is 0.490 e. The first-order valence-corrected chi connectivity index (χ1v) is 11.0. The fourth-order valence-electron chi connectivity index (χ4n) is 3.90. The van der Waals surface area contributed by atoms with E-state index in [9.17, 15) is 24.5 Å². The molecule has 0 radical (unpaired) electrons. The number of amides is 2. The molecule has 2 aromatic rings. The van der Waals surface area contributed by atoms with Gasteiger partial charge in [0.2, 0.25) is 5.91 Å². The molecule has 1 aliphatic rings. The van der Waals surface area contributed by atoms with E-state index < -0.39 is 35.0 Å². The zero-order valence-electron chi connectivity index (χ0n) is 19.5. The average Bonchev–Trinajstić information content (AvgIpc) is 3.37. The molecule has 11 nitrogen and oxygen atoms in total. The van der Waals surface area contributed by atoms with Crippen molar-refractivity contribution in [2.24, 2.45) is 0 Å². The zero-order valence-corrected chi connectivity index (χ0v) is 19.5. The first-order valence-electron chi connectivity index (χ1n) is 11.0. The summed E-state index contributed by atoms with van der Waals surface area (Å²) in [5.74, 6) is -1.17. The van der Waals surface area contributed by atoms with Gasteiger partial charge in [-0.05, 0) is 30.0 Å². The van der Waals surface area contributed by atoms with Gasteiger partial charge in [0.1, 0.15) is 18.7 Å². The van der Waals surface area contributed by atoms with Crippen LogP contribution in [0.5, 0.6) is 5.75 Å². The molecule has 35 heavy (non-hydrogen) atoms. The third kappa shape index (κ3) is 6.46. The van der Waals surface area contributed by atoms with E-state index in [1.54, 1.807) is 6.07 Å². The molecular weight excluding hydrogens is 458 g/mol. The number of ether oxygens (including phenoxy) is 3. The van der Waals surface area contributed by atoms with Crippen LogP contribution in [-0.4, -0.2) is 60.6 Å². The Bertz CT molecular complexity index is 1080. The van der Waals surface area contributed by atoms with Gasteiger partial charge in [-0.2, -0.15) is 0 Å². The number of rotatable bonds is 9. The molecule has 0 aliphatic carbocycles. The van der Waals surface area contributed by atoms with Crippen LogP contribution in [0.2, 0.25) is 0 Å². The minimum absolute atomic E-state index is 0.0472. The van der Waals surface area contributed by atoms with E-state index in [1.807, 2.05) is 30.3 Å². The number of carbonyl (C=O) groups excluding carboxylic acids is 3. The molecule has 1 aliphatic heterocycles. The van der Waals surface area contributed by atoms with Crippen LogP contribution in [0.15, 0.2) is 48.5 Å². The summed E-state index contributed by atoms with van der Waals surface area (Å²) in [4.78, 5) is 50.1. The fraction of sp³-hybridized carbons (Fsp3) is 0.375. The van der Waals surface area contributed by atoms with Crippen LogP contribution in [0.4, 0.5) is 10.5 Å². The van der Waals surface area contributed by atoms with Gasteiger partial charge in [-0.3, -0.25) is 19.8 Å². The molecule has 11 heteroatoms. The number of nitrogens with one attached hydrogen (secondary N) is 1. The molecule has 0 unspecified atom stereocenters. The summed E-state index contributed by atoms with van der Waals surface area (Å²) in [6.45, 7) is 0.421. The molecular formula is C24H27N3O8. The van der Waals surface area contributed by atoms with Crippen LogP contribution in [0, 0.1) is 10.1 Å². The molecule has 0 bridgehead atoms. The van der Waals surface area contributed by atoms with Crippen molar-refractivity contribution in [3.05, 3.63) is 69.8 Å². The zero-order chi connectivity index (χ0) is 25.4. The topological polar surface area (TPSA) is 137 Å². The lowest BCUT2D eigenvalue weighted by Gasteiger charge is -2.25. The highest BCUT2D eigenvalue weighted by Gasteiger charge is 2.37. The number of nitrogens with zero attached hydrogens (tertiary/aromatic N) is 2. The maximum atomic E-state index is 13.0. The Balaban J connectivity index is 1.68. The Morgan fingerprint density at radius 2 is 1.89 bits per heavy atom. The number of likely N-dealkylation sites (tertiary alicyclic amines) is 1. The molecule has 186 valence electrons. The van der Waals surface area contributed by atoms with Crippen LogP contribution < -0.4 is 10.1 Å². The van der Waals surface area contributed by atoms with E-state index in [1.165, 1.54) is 31.3 Å². The summed E-state index contributed by atoms with van der Waals surface area (Å²) in [6.07, 6.45) is 0.348. The molecule has 2 aromatic carbocycles. The van der Waals surface area contributed by atoms with Crippen molar-refractivity contribution in [2.45, 2.75) is 38.0 Å². The third-order valence-electron chi connectivity index (χ3n) is 5.68. The minimum atomic E-state index is -1.11. The van der Waals surface area contributed by atoms with Gasteiger partial charge in [-0.1, -0.05) is 36.4 Å². The second-order valence-electron chi connectivity index (χ2n) is 7.94. The third-order valence-corrected chi connectivity index (χ3v) is 5.68. The number of methoxy groups -OCH3 is 2. The predicted octanol–water partition coefficient (Wildman–Crippen LogP) is 2.60. The van der Waals surface area contributed by atoms with Crippen LogP contribution in [-0.2, 0) is 32.1 Å². The van der Waals surface area contributed by atoms with Crippen molar-refractivity contribution >= 4 is 23.7 Å². The van der Waals surface area contributed by atoms with Crippen molar-refractivity contribution in [2.75, 3.05) is 20.8 Å². The molecule has 1 heterocycles. The van der Waals surface area contributed by atoms with E-state index >= 15 is 0 Å². The number of esters is 1. The van der Waals surface area contributed by atoms with E-state index in [-0.39, 0.29) is 24.5 Å². The first kappa shape index (κ1) is 25.5. The van der Waals surface area contributed by atoms with Crippen molar-refractivity contribution in [1.29, 1.82) is 0 Å². The van der Waals surface area contributed by atoms with Crippen molar-refractivity contribution in [3.8, 4) is 5.75 Å². The Morgan fingerprint density at radius 1 is 1.14 bits per heavy atom. The van der Waals surface area contributed by atoms with Crippen molar-refractivity contribution < 1.29 is 33.5 Å². The monoisotopic (exact) mass is 485 g/mol. The number of hydrogen-bond acceptors (Lipinski definition) is 8. The summed E-state index contributed by atoms with van der Waals surface area (Å²) in [6, 6.07) is 11.5. The summed E-state index contributed by atoms with van der Waals surface area (Å²) < 4.78 is 15.2. The maximum absolute atomic E-state index is 13.0. The Hall–Kier alpha value is -4.15. The van der Waals surface area contributed by atoms with E-state index in [0.717, 1.165) is 5.56 Å². The smallest absolute Gasteiger partial charge is 0.410 e. The van der Waals surface area contributed by atoms with E-state index in [2.05, 4.69) is 5.32 Å². The lowest BCUT2D eigenvalue weighted by molar-refractivity contribution is -0.385. The molecule has 0 aromatic heterocycles. The van der Waals surface area contributed by atoms with Gasteiger partial charge in [-0.25, -0.2) is 9.59 Å². The van der Waals surface area contributed by atoms with Crippen LogP contribution in [0.3, 0.4) is 0 Å². The van der Waals surface area contributed by atoms with Gasteiger partial charge < -0.3 is 19.5 Å². The normalized spacial score (nSPS) is 15.7. The Kier molecular flexibility index (Phi) is 8.60. The van der Waals surface area contributed by atoms with E-state index in [4.69, 9.17) is 14.2 Å². The average molecular weight is 485 g/mol. The standard InChI is InChI=1S/C24H27N3O8/c1-33-21-11-10-17(14-20(21)27(31)32)13-18(23(29)34-2)25-22(28)19-9-6-12-26(19)24(30)35-15-16-7-4-3-5-8-16/h3-5,7-8,10-11,14,18-19H,6,9,12-13,15H2,1-2H3,(H,25,28)/t18-,19-/m1/s1. The quantitative estimate of drug-likeness (QED) is 0.325. The molecule has 1 saturated heterocycles. The highest BCUT2D eigenvalue weighted by molar-refractivity contribution is 5.90. The number of nitro groups is 1. The summed E-state index contributed by atoms with van der Waals surface area (Å²) in [5, 5.41) is 13.9. The van der Waals surface area contributed by atoms with Gasteiger partial charge in [-0.15, -0.1) is 0 Å². The number of nitro benzene ring substituents is 1. The molecule has 3 rings (SSSR count). The second kappa shape index (κ2) is 11.8. The number of hydrogen-bond donors (Lipinski definition) is 1. The van der Waals surface area contributed by atoms with Gasteiger partial charge in [0.05, 0.1) is 19.1 Å². The highest BCUT2D eigenvalue weighted by Crippen LogP contribution is 2.28. The molecule has 0 saturated carbocycles. The summed E-state index contributed by atoms with van der Waals surface area (Å²) >= 11 is 0. The van der Waals surface area contributed by atoms with Crippen molar-refractivity contribution in [1.82, 2.24) is 10.2 Å². The van der Waals surface area contributed by atoms with Gasteiger partial charge in [0, 0.05) is 19.0 Å². The fourth-order valence-corrected chi connectivity index (χ4v) is 3.90. The lowest BCUT2D eigenvalue weighted by Crippen LogP contribution is -2.51. The number of carbonyl (C=O) groups is 3. The highest BCUT2D eigenvalue weighted by atomic mass is 16.6. The minimum Gasteiger partial charge on any atom is -0.490 e. The second-order valence-corrected chi connectivity index (χ2v) is 7.94. The maximum Gasteiger partial charge on any atom is 0.410 e. The van der Waals surface area contributed by atoms with Gasteiger partial charge >= 0.3 is 17.7 Å². The Morgan fingerprint density at radius 3 is 2.54 bits per heavy atom. The lowest BCUT2D eigenvalue weighted by atomic mass is 10.0. The van der Waals surface area contributed by atoms with Gasteiger partial charge in [0.15, 0.2) is 5.75 Å². The van der Waals surface area contributed by atoms with Gasteiger partial charge in [0.25, 0.3) is 0 Å². The van der Waals surface area contributed by atoms with Crippen molar-refractivity contribution in [3.63, 3.8) is 0 Å². The number of benzene rings is 2. The SMILES string of the molecule is COC(=O)[C@@H](Cc1ccc(OC)c([N+](=O)[O-])c1)NC(=O)[C@H]1CCCN1C(=O)OCc1ccccc1. The van der Waals surface area contributed by atoms with Crippen LogP contribution in [0.1, 0.15) is 24.0 Å². The Labute approximate surface area is 202 Å².